The molecule has 4 aromatic rings. The Morgan fingerprint density at radius 3 is 1.80 bits per heavy atom. The molecule has 0 spiro atoms. The van der Waals surface area contributed by atoms with Gasteiger partial charge >= 0.3 is 11.9 Å². The summed E-state index contributed by atoms with van der Waals surface area (Å²) in [5.74, 6) is 12.7. The van der Waals surface area contributed by atoms with E-state index in [0.29, 0.717) is 18.8 Å². The topological polar surface area (TPSA) is 93.1 Å². The van der Waals surface area contributed by atoms with Gasteiger partial charge in [-0.2, -0.15) is 0 Å². The zero-order valence-electron chi connectivity index (χ0n) is 27.9. The Balaban J connectivity index is 1.18. The van der Waals surface area contributed by atoms with Crippen LogP contribution in [0.1, 0.15) is 29.2 Å². The number of benzene rings is 4. The summed E-state index contributed by atoms with van der Waals surface area (Å²) < 4.78 is 10.6. The predicted octanol–water partition coefficient (Wildman–Crippen LogP) is 8.56. The van der Waals surface area contributed by atoms with E-state index in [1.807, 2.05) is 91.9 Å². The van der Waals surface area contributed by atoms with E-state index in [9.17, 15) is 14.7 Å². The van der Waals surface area contributed by atoms with Crippen LogP contribution in [0.15, 0.2) is 125 Å². The molecule has 2 N–H and O–H groups in total. The van der Waals surface area contributed by atoms with Gasteiger partial charge in [0.15, 0.2) is 12.7 Å². The smallest absolute Gasteiger partial charge is 0.341 e. The third-order valence-corrected chi connectivity index (χ3v) is 9.03. The number of hydrogen-bond donors (Lipinski definition) is 2. The Morgan fingerprint density at radius 1 is 0.760 bits per heavy atom. The van der Waals surface area contributed by atoms with Crippen LogP contribution in [0, 0.1) is 30.6 Å². The van der Waals surface area contributed by atoms with Crippen LogP contribution in [-0.4, -0.2) is 53.0 Å². The van der Waals surface area contributed by atoms with Crippen LogP contribution in [0.2, 0.25) is 0 Å². The first kappa shape index (κ1) is 37.7. The molecule has 0 saturated heterocycles. The molecule has 0 aliphatic carbocycles. The molecule has 4 aromatic carbocycles. The molecule has 50 heavy (non-hydrogen) atoms. The van der Waals surface area contributed by atoms with E-state index < -0.39 is 18.0 Å². The molecule has 1 atom stereocenters. The van der Waals surface area contributed by atoms with Crippen LogP contribution in [0.5, 0.6) is 5.75 Å². The average molecular weight is 703 g/mol. The first-order valence-corrected chi connectivity index (χ1v) is 18.0. The molecule has 0 fully saturated rings. The quantitative estimate of drug-likeness (QED) is 0.0941. The molecule has 8 heteroatoms. The molecule has 1 unspecified atom stereocenters. The summed E-state index contributed by atoms with van der Waals surface area (Å²) in [6.45, 7) is 3.72. The molecule has 0 aromatic heterocycles. The summed E-state index contributed by atoms with van der Waals surface area (Å²) in [6, 6.07) is 30.0. The number of rotatable bonds is 15. The number of ether oxygens (including phenoxy) is 2. The molecule has 0 aliphatic rings. The molecule has 254 valence electrons. The Labute approximate surface area is 302 Å². The molecule has 0 amide bonds. The number of thioether (sulfide) groups is 2. The van der Waals surface area contributed by atoms with Gasteiger partial charge in [0, 0.05) is 45.5 Å². The molecule has 0 radical (unpaired) electrons. The Bertz CT molecular complexity index is 1910. The van der Waals surface area contributed by atoms with Crippen LogP contribution in [0.4, 0.5) is 0 Å². The number of carboxylic acids is 2. The maximum Gasteiger partial charge on any atom is 0.341 e. The second-order valence-electron chi connectivity index (χ2n) is 10.9. The zero-order chi connectivity index (χ0) is 35.6. The van der Waals surface area contributed by atoms with Crippen molar-refractivity contribution in [1.82, 2.24) is 0 Å². The van der Waals surface area contributed by atoms with E-state index in [0.717, 1.165) is 54.7 Å². The lowest BCUT2D eigenvalue weighted by atomic mass is 10.0. The van der Waals surface area contributed by atoms with Crippen LogP contribution >= 0.6 is 23.5 Å². The minimum Gasteiger partial charge on any atom is -0.482 e. The average Bonchev–Trinajstić information content (AvgIpc) is 3.11. The number of hydrogen-bond acceptors (Lipinski definition) is 6. The number of aliphatic carboxylic acids is 2. The molecule has 0 heterocycles. The summed E-state index contributed by atoms with van der Waals surface area (Å²) in [6.07, 6.45) is 7.30. The molecule has 0 bridgehead atoms. The van der Waals surface area contributed by atoms with Gasteiger partial charge < -0.3 is 19.7 Å². The lowest BCUT2D eigenvalue weighted by Crippen LogP contribution is -2.26. The SMILES string of the molecule is CCOC(Cc1ccc(SC/C=C/C#Cc2ccc(-c3ccc(C#C/C=C/CSc4ccc(OCC(=O)O)c(C)c4)cc3)cc2)cc1)C(=O)O. The van der Waals surface area contributed by atoms with Crippen molar-refractivity contribution in [3.63, 3.8) is 0 Å². The fraction of sp³-hybridized carbons (Fsp3) is 0.190. The fourth-order valence-electron chi connectivity index (χ4n) is 4.61. The highest BCUT2D eigenvalue weighted by atomic mass is 32.2. The van der Waals surface area contributed by atoms with E-state index in [1.165, 1.54) is 0 Å². The molecule has 0 saturated carbocycles. The highest BCUT2D eigenvalue weighted by Crippen LogP contribution is 2.26. The van der Waals surface area contributed by atoms with Gasteiger partial charge in [0.25, 0.3) is 0 Å². The predicted molar refractivity (Wildman–Crippen MR) is 203 cm³/mol. The van der Waals surface area contributed by atoms with Crippen molar-refractivity contribution in [1.29, 1.82) is 0 Å². The molecule has 6 nitrogen and oxygen atoms in total. The van der Waals surface area contributed by atoms with Gasteiger partial charge in [-0.1, -0.05) is 72.2 Å². The number of allylic oxidation sites excluding steroid dienone is 2. The van der Waals surface area contributed by atoms with Gasteiger partial charge in [-0.15, -0.1) is 23.5 Å². The Hall–Kier alpha value is -5.12. The summed E-state index contributed by atoms with van der Waals surface area (Å²) in [5, 5.41) is 18.0. The molecule has 4 rings (SSSR count). The van der Waals surface area contributed by atoms with Crippen molar-refractivity contribution >= 4 is 35.5 Å². The highest BCUT2D eigenvalue weighted by Gasteiger charge is 2.17. The van der Waals surface area contributed by atoms with Crippen molar-refractivity contribution in [3.8, 4) is 40.6 Å². The van der Waals surface area contributed by atoms with E-state index >= 15 is 0 Å². The van der Waals surface area contributed by atoms with Gasteiger partial charge in [0.05, 0.1) is 0 Å². The summed E-state index contributed by atoms with van der Waals surface area (Å²) in [5.41, 5.74) is 5.94. The van der Waals surface area contributed by atoms with Crippen LogP contribution in [-0.2, 0) is 20.7 Å². The third-order valence-electron chi connectivity index (χ3n) is 7.12. The van der Waals surface area contributed by atoms with E-state index in [-0.39, 0.29) is 6.61 Å². The van der Waals surface area contributed by atoms with E-state index in [4.69, 9.17) is 14.6 Å². The number of aryl methyl sites for hydroxylation is 1. The lowest BCUT2D eigenvalue weighted by molar-refractivity contribution is -0.150. The van der Waals surface area contributed by atoms with Gasteiger partial charge in [0.1, 0.15) is 5.75 Å². The monoisotopic (exact) mass is 702 g/mol. The molecular formula is C42H38O6S2. The normalized spacial score (nSPS) is 11.4. The summed E-state index contributed by atoms with van der Waals surface area (Å²) in [4.78, 5) is 24.2. The maximum atomic E-state index is 11.3. The van der Waals surface area contributed by atoms with E-state index in [2.05, 4.69) is 47.9 Å². The Kier molecular flexibility index (Phi) is 15.4. The van der Waals surface area contributed by atoms with Crippen molar-refractivity contribution in [2.45, 2.75) is 36.2 Å². The Morgan fingerprint density at radius 2 is 1.30 bits per heavy atom. The first-order valence-electron chi connectivity index (χ1n) is 16.0. The minimum absolute atomic E-state index is 0.349. The van der Waals surface area contributed by atoms with Gasteiger partial charge in [-0.25, -0.2) is 9.59 Å². The number of carboxylic acid groups (broad SMARTS) is 2. The van der Waals surface area contributed by atoms with Gasteiger partial charge in [-0.05, 0) is 103 Å². The van der Waals surface area contributed by atoms with Crippen molar-refractivity contribution < 1.29 is 29.3 Å². The van der Waals surface area contributed by atoms with E-state index in [1.54, 1.807) is 36.5 Å². The second kappa shape index (κ2) is 20.4. The second-order valence-corrected chi connectivity index (χ2v) is 13.0. The van der Waals surface area contributed by atoms with Gasteiger partial charge in [-0.3, -0.25) is 0 Å². The maximum absolute atomic E-state index is 11.3. The van der Waals surface area contributed by atoms with Crippen molar-refractivity contribution in [3.05, 3.63) is 138 Å². The lowest BCUT2D eigenvalue weighted by Gasteiger charge is -2.12. The molecular weight excluding hydrogens is 665 g/mol. The summed E-state index contributed by atoms with van der Waals surface area (Å²) in [7, 11) is 0. The summed E-state index contributed by atoms with van der Waals surface area (Å²) >= 11 is 3.36. The van der Waals surface area contributed by atoms with Crippen molar-refractivity contribution in [2.75, 3.05) is 24.7 Å². The third kappa shape index (κ3) is 13.1. The fourth-order valence-corrected chi connectivity index (χ4v) is 6.14. The van der Waals surface area contributed by atoms with Gasteiger partial charge in [0.2, 0.25) is 0 Å². The van der Waals surface area contributed by atoms with Crippen LogP contribution in [0.25, 0.3) is 11.1 Å². The van der Waals surface area contributed by atoms with Crippen LogP contribution < -0.4 is 4.74 Å². The minimum atomic E-state index is -0.995. The zero-order valence-corrected chi connectivity index (χ0v) is 29.6. The van der Waals surface area contributed by atoms with Crippen LogP contribution in [0.3, 0.4) is 0 Å². The first-order chi connectivity index (χ1) is 24.3. The number of carbonyl (C=O) groups is 2. The highest BCUT2D eigenvalue weighted by molar-refractivity contribution is 7.99. The molecule has 0 aliphatic heterocycles. The van der Waals surface area contributed by atoms with Crippen molar-refractivity contribution in [2.24, 2.45) is 0 Å². The standard InChI is InChI=1S/C42H38O6S2/c1-3-47-40(42(45)46)29-34-16-22-37(23-17-34)49-26-8-4-6-10-32-12-18-35(19-13-32)36-20-14-33(15-21-36)11-7-5-9-27-50-38-24-25-39(31(2)28-38)48-30-41(43)44/h4-5,8-9,12-25,28,40H,3,26-27,29-30H2,1-2H3,(H,43,44)(H,45,46)/b8-4+,9-5+. The largest absolute Gasteiger partial charge is 0.482 e.